The molecule has 0 atom stereocenters. The van der Waals surface area contributed by atoms with Crippen molar-refractivity contribution in [3.8, 4) is 5.75 Å². The van der Waals surface area contributed by atoms with E-state index in [1.807, 2.05) is 19.9 Å². The van der Waals surface area contributed by atoms with E-state index in [1.54, 1.807) is 0 Å². The van der Waals surface area contributed by atoms with Crippen LogP contribution in [0.25, 0.3) is 0 Å². The fourth-order valence-electron chi connectivity index (χ4n) is 1.59. The molecule has 2 heteroatoms. The van der Waals surface area contributed by atoms with Crippen molar-refractivity contribution >= 4 is 11.6 Å². The molecule has 1 aliphatic heterocycles. The summed E-state index contributed by atoms with van der Waals surface area (Å²) in [5, 5.41) is 0.754. The first-order chi connectivity index (χ1) is 6.77. The van der Waals surface area contributed by atoms with Crippen LogP contribution in [0.4, 0.5) is 0 Å². The average Bonchev–Trinajstić information content (AvgIpc) is 2.20. The number of ether oxygens (including phenoxy) is 1. The normalized spacial score (nSPS) is 13.4. The third-order valence-corrected chi connectivity index (χ3v) is 2.38. The average molecular weight is 213 g/mol. The number of rotatable bonds is 0. The summed E-state index contributed by atoms with van der Waals surface area (Å²) in [4.78, 5) is 0. The highest BCUT2D eigenvalue weighted by Gasteiger charge is 2.13. The van der Waals surface area contributed by atoms with Gasteiger partial charge in [-0.25, -0.2) is 0 Å². The lowest BCUT2D eigenvalue weighted by Crippen LogP contribution is -2.08. The molecule has 14 heavy (non-hydrogen) atoms. The minimum absolute atomic E-state index is 0.754. The first kappa shape index (κ1) is 11.4. The molecule has 2 rings (SSSR count). The topological polar surface area (TPSA) is 9.23 Å². The maximum absolute atomic E-state index is 6.02. The molecule has 0 N–H and O–H groups in total. The van der Waals surface area contributed by atoms with Crippen molar-refractivity contribution in [2.24, 2.45) is 0 Å². The largest absolute Gasteiger partial charge is 0.492 e. The van der Waals surface area contributed by atoms with Crippen molar-refractivity contribution in [1.82, 2.24) is 0 Å². The molecule has 0 saturated carbocycles. The van der Waals surface area contributed by atoms with Gasteiger partial charge in [-0.05, 0) is 37.0 Å². The lowest BCUT2D eigenvalue weighted by molar-refractivity contribution is 0.288. The first-order valence-corrected chi connectivity index (χ1v) is 5.57. The maximum atomic E-state index is 6.02. The van der Waals surface area contributed by atoms with Crippen LogP contribution >= 0.6 is 11.6 Å². The number of aryl methyl sites for hydroxylation is 2. The smallest absolute Gasteiger partial charge is 0.141 e. The van der Waals surface area contributed by atoms with E-state index < -0.39 is 0 Å². The van der Waals surface area contributed by atoms with Crippen LogP contribution in [-0.4, -0.2) is 6.61 Å². The SMILES string of the molecule is CC.Cc1cc(Cl)c2c(c1)CCCO2. The molecule has 0 fully saturated rings. The van der Waals surface area contributed by atoms with Crippen molar-refractivity contribution in [3.63, 3.8) is 0 Å². The number of halogens is 1. The van der Waals surface area contributed by atoms with E-state index in [4.69, 9.17) is 16.3 Å². The van der Waals surface area contributed by atoms with Gasteiger partial charge in [0, 0.05) is 0 Å². The van der Waals surface area contributed by atoms with Crippen molar-refractivity contribution in [1.29, 1.82) is 0 Å². The van der Waals surface area contributed by atoms with Gasteiger partial charge >= 0.3 is 0 Å². The first-order valence-electron chi connectivity index (χ1n) is 5.19. The van der Waals surface area contributed by atoms with Gasteiger partial charge in [-0.15, -0.1) is 0 Å². The minimum Gasteiger partial charge on any atom is -0.492 e. The fraction of sp³-hybridized carbons (Fsp3) is 0.500. The Kier molecular flexibility index (Phi) is 4.27. The molecule has 0 bridgehead atoms. The van der Waals surface area contributed by atoms with Gasteiger partial charge in [0.25, 0.3) is 0 Å². The summed E-state index contributed by atoms with van der Waals surface area (Å²) in [6.45, 7) is 6.86. The Balaban J connectivity index is 0.000000461. The van der Waals surface area contributed by atoms with Gasteiger partial charge in [-0.1, -0.05) is 31.5 Å². The highest BCUT2D eigenvalue weighted by molar-refractivity contribution is 6.32. The number of hydrogen-bond acceptors (Lipinski definition) is 1. The van der Waals surface area contributed by atoms with Crippen molar-refractivity contribution in [2.45, 2.75) is 33.6 Å². The number of hydrogen-bond donors (Lipinski definition) is 0. The van der Waals surface area contributed by atoms with Gasteiger partial charge in [0.05, 0.1) is 11.6 Å². The molecule has 0 spiro atoms. The zero-order valence-electron chi connectivity index (χ0n) is 9.06. The highest BCUT2D eigenvalue weighted by atomic mass is 35.5. The molecule has 1 aromatic carbocycles. The molecule has 0 aliphatic carbocycles. The van der Waals surface area contributed by atoms with E-state index in [0.29, 0.717) is 0 Å². The Morgan fingerprint density at radius 1 is 1.29 bits per heavy atom. The van der Waals surface area contributed by atoms with Gasteiger partial charge in [0.1, 0.15) is 5.75 Å². The summed E-state index contributed by atoms with van der Waals surface area (Å²) in [6.07, 6.45) is 2.20. The molecule has 1 nitrogen and oxygen atoms in total. The lowest BCUT2D eigenvalue weighted by atomic mass is 10.0. The van der Waals surface area contributed by atoms with Crippen molar-refractivity contribution in [2.75, 3.05) is 6.61 Å². The Morgan fingerprint density at radius 2 is 2.00 bits per heavy atom. The summed E-state index contributed by atoms with van der Waals surface area (Å²) in [6, 6.07) is 4.10. The maximum Gasteiger partial charge on any atom is 0.141 e. The van der Waals surface area contributed by atoms with Crippen LogP contribution in [0.15, 0.2) is 12.1 Å². The van der Waals surface area contributed by atoms with Crippen molar-refractivity contribution in [3.05, 3.63) is 28.3 Å². The van der Waals surface area contributed by atoms with Crippen LogP contribution in [0, 0.1) is 6.92 Å². The monoisotopic (exact) mass is 212 g/mol. The third-order valence-electron chi connectivity index (χ3n) is 2.10. The van der Waals surface area contributed by atoms with Crippen LogP contribution in [0.5, 0.6) is 5.75 Å². The summed E-state index contributed by atoms with van der Waals surface area (Å²) in [5.41, 5.74) is 2.47. The lowest BCUT2D eigenvalue weighted by Gasteiger charge is -2.18. The molecule has 0 unspecified atom stereocenters. The molecule has 1 aliphatic rings. The summed E-state index contributed by atoms with van der Waals surface area (Å²) < 4.78 is 5.48. The van der Waals surface area contributed by atoms with Gasteiger partial charge in [0.2, 0.25) is 0 Å². The van der Waals surface area contributed by atoms with Crippen molar-refractivity contribution < 1.29 is 4.74 Å². The minimum atomic E-state index is 0.754. The molecule has 0 amide bonds. The van der Waals surface area contributed by atoms with Crippen LogP contribution < -0.4 is 4.74 Å². The molecule has 1 heterocycles. The van der Waals surface area contributed by atoms with Gasteiger partial charge in [-0.3, -0.25) is 0 Å². The molecular weight excluding hydrogens is 196 g/mol. The predicted molar refractivity (Wildman–Crippen MR) is 61.4 cm³/mol. The van der Waals surface area contributed by atoms with E-state index in [-0.39, 0.29) is 0 Å². The van der Waals surface area contributed by atoms with Crippen LogP contribution in [0.1, 0.15) is 31.4 Å². The standard InChI is InChI=1S/C10H11ClO.C2H6/c1-7-5-8-3-2-4-12-10(8)9(11)6-7;1-2/h5-6H,2-4H2,1H3;1-2H3. The van der Waals surface area contributed by atoms with Gasteiger partial charge < -0.3 is 4.74 Å². The molecule has 78 valence electrons. The Bertz CT molecular complexity index is 307. The molecule has 1 aromatic rings. The third kappa shape index (κ3) is 2.42. The number of fused-ring (bicyclic) bond motifs is 1. The quantitative estimate of drug-likeness (QED) is 0.632. The van der Waals surface area contributed by atoms with E-state index in [0.717, 1.165) is 30.2 Å². The molecule has 0 radical (unpaired) electrons. The zero-order chi connectivity index (χ0) is 10.6. The van der Waals surface area contributed by atoms with E-state index in [2.05, 4.69) is 13.0 Å². The van der Waals surface area contributed by atoms with Gasteiger partial charge in [0.15, 0.2) is 0 Å². The summed E-state index contributed by atoms with van der Waals surface area (Å²) in [5.74, 6) is 0.897. The Hall–Kier alpha value is -0.690. The molecule has 0 aromatic heterocycles. The Labute approximate surface area is 91.0 Å². The van der Waals surface area contributed by atoms with E-state index >= 15 is 0 Å². The Morgan fingerprint density at radius 3 is 2.71 bits per heavy atom. The second kappa shape index (κ2) is 5.26. The fourth-order valence-corrected chi connectivity index (χ4v) is 1.93. The van der Waals surface area contributed by atoms with E-state index in [9.17, 15) is 0 Å². The second-order valence-electron chi connectivity index (χ2n) is 3.19. The number of benzene rings is 1. The van der Waals surface area contributed by atoms with Crippen LogP contribution in [-0.2, 0) is 6.42 Å². The second-order valence-corrected chi connectivity index (χ2v) is 3.59. The summed E-state index contributed by atoms with van der Waals surface area (Å²) >= 11 is 6.02. The predicted octanol–water partition coefficient (Wildman–Crippen LogP) is 4.00. The molecule has 0 saturated heterocycles. The highest BCUT2D eigenvalue weighted by Crippen LogP contribution is 2.33. The van der Waals surface area contributed by atoms with E-state index in [1.165, 1.54) is 11.1 Å². The van der Waals surface area contributed by atoms with Gasteiger partial charge in [-0.2, -0.15) is 0 Å². The van der Waals surface area contributed by atoms with Crippen LogP contribution in [0.2, 0.25) is 5.02 Å². The summed E-state index contributed by atoms with van der Waals surface area (Å²) in [7, 11) is 0. The van der Waals surface area contributed by atoms with Crippen LogP contribution in [0.3, 0.4) is 0 Å². The molecular formula is C12H17ClO. The zero-order valence-corrected chi connectivity index (χ0v) is 9.82.